The number of benzene rings is 1. The summed E-state index contributed by atoms with van der Waals surface area (Å²) in [4.78, 5) is 25.5. The number of carbonyl (C=O) groups is 2. The standard InChI is InChI=1S/C21H25NO4/c1-12-17(20(24)26-5)18(13-6-8-14(25-4)9-7-13)19-15(22-12)10-21(2,3)11-16(19)23/h6-9,18,22H,10-11H2,1-5H3. The molecule has 2 aliphatic rings. The summed E-state index contributed by atoms with van der Waals surface area (Å²) in [5.74, 6) is -0.0278. The fourth-order valence-electron chi connectivity index (χ4n) is 3.95. The topological polar surface area (TPSA) is 64.6 Å². The van der Waals surface area contributed by atoms with E-state index in [-0.39, 0.29) is 11.2 Å². The van der Waals surface area contributed by atoms with Gasteiger partial charge in [-0.25, -0.2) is 4.79 Å². The average molecular weight is 355 g/mol. The molecule has 0 spiro atoms. The van der Waals surface area contributed by atoms with Gasteiger partial charge in [0, 0.05) is 29.3 Å². The monoisotopic (exact) mass is 355 g/mol. The van der Waals surface area contributed by atoms with Crippen LogP contribution in [-0.2, 0) is 14.3 Å². The molecule has 1 aliphatic heterocycles. The molecular formula is C21H25NO4. The van der Waals surface area contributed by atoms with E-state index in [0.717, 1.165) is 29.1 Å². The molecule has 3 rings (SSSR count). The third-order valence-corrected chi connectivity index (χ3v) is 5.09. The Morgan fingerprint density at radius 3 is 2.38 bits per heavy atom. The molecule has 0 saturated heterocycles. The van der Waals surface area contributed by atoms with Crippen LogP contribution in [0, 0.1) is 5.41 Å². The first-order chi connectivity index (χ1) is 12.3. The van der Waals surface area contributed by atoms with Crippen LogP contribution in [0.5, 0.6) is 5.75 Å². The molecule has 1 aliphatic carbocycles. The van der Waals surface area contributed by atoms with E-state index in [2.05, 4.69) is 19.2 Å². The minimum absolute atomic E-state index is 0.0819. The van der Waals surface area contributed by atoms with Crippen molar-refractivity contribution in [1.82, 2.24) is 5.32 Å². The van der Waals surface area contributed by atoms with Crippen LogP contribution in [0.25, 0.3) is 0 Å². The Balaban J connectivity index is 2.17. The summed E-state index contributed by atoms with van der Waals surface area (Å²) >= 11 is 0. The molecule has 1 unspecified atom stereocenters. The molecule has 26 heavy (non-hydrogen) atoms. The van der Waals surface area contributed by atoms with Gasteiger partial charge in [0.05, 0.1) is 19.8 Å². The van der Waals surface area contributed by atoms with Gasteiger partial charge >= 0.3 is 5.97 Å². The van der Waals surface area contributed by atoms with E-state index >= 15 is 0 Å². The maximum Gasteiger partial charge on any atom is 0.336 e. The summed E-state index contributed by atoms with van der Waals surface area (Å²) in [5, 5.41) is 3.30. The van der Waals surface area contributed by atoms with Crippen LogP contribution in [-0.4, -0.2) is 26.0 Å². The van der Waals surface area contributed by atoms with Gasteiger partial charge in [-0.05, 0) is 36.5 Å². The number of dihydropyridines is 1. The minimum atomic E-state index is -0.423. The van der Waals surface area contributed by atoms with Gasteiger partial charge in [-0.15, -0.1) is 0 Å². The number of hydrogen-bond acceptors (Lipinski definition) is 5. The van der Waals surface area contributed by atoms with Gasteiger partial charge in [0.15, 0.2) is 5.78 Å². The molecular weight excluding hydrogens is 330 g/mol. The van der Waals surface area contributed by atoms with E-state index in [1.165, 1.54) is 7.11 Å². The zero-order valence-corrected chi connectivity index (χ0v) is 15.9. The lowest BCUT2D eigenvalue weighted by Crippen LogP contribution is -2.38. The number of ketones is 1. The lowest BCUT2D eigenvalue weighted by molar-refractivity contribution is -0.136. The number of ether oxygens (including phenoxy) is 2. The SMILES string of the molecule is COC(=O)C1=C(C)NC2=C(C(=O)CC(C)(C)C2)C1c1ccc(OC)cc1. The largest absolute Gasteiger partial charge is 0.497 e. The molecule has 1 heterocycles. The number of allylic oxidation sites excluding steroid dienone is 3. The first kappa shape index (κ1) is 18.2. The van der Waals surface area contributed by atoms with E-state index in [1.54, 1.807) is 7.11 Å². The molecule has 5 nitrogen and oxygen atoms in total. The van der Waals surface area contributed by atoms with Crippen LogP contribution in [0.1, 0.15) is 45.1 Å². The van der Waals surface area contributed by atoms with Crippen molar-refractivity contribution in [3.8, 4) is 5.75 Å². The summed E-state index contributed by atoms with van der Waals surface area (Å²) in [6, 6.07) is 7.50. The maximum absolute atomic E-state index is 13.0. The predicted molar refractivity (Wildman–Crippen MR) is 98.6 cm³/mol. The fraction of sp³-hybridized carbons (Fsp3) is 0.429. The smallest absolute Gasteiger partial charge is 0.336 e. The molecule has 5 heteroatoms. The fourth-order valence-corrected chi connectivity index (χ4v) is 3.95. The summed E-state index contributed by atoms with van der Waals surface area (Å²) < 4.78 is 10.3. The zero-order chi connectivity index (χ0) is 19.1. The van der Waals surface area contributed by atoms with Crippen LogP contribution < -0.4 is 10.1 Å². The molecule has 1 aromatic rings. The maximum atomic E-state index is 13.0. The summed E-state index contributed by atoms with van der Waals surface area (Å²) in [6.45, 7) is 6.04. The Morgan fingerprint density at radius 1 is 1.15 bits per heavy atom. The van der Waals surface area contributed by atoms with Gasteiger partial charge in [-0.2, -0.15) is 0 Å². The van der Waals surface area contributed by atoms with Crippen LogP contribution in [0.2, 0.25) is 0 Å². The lowest BCUT2D eigenvalue weighted by atomic mass is 9.68. The molecule has 0 aromatic heterocycles. The molecule has 1 N–H and O–H groups in total. The zero-order valence-electron chi connectivity index (χ0n) is 15.9. The van der Waals surface area contributed by atoms with Crippen molar-refractivity contribution in [2.45, 2.75) is 39.5 Å². The quantitative estimate of drug-likeness (QED) is 0.841. The first-order valence-corrected chi connectivity index (χ1v) is 8.73. The van der Waals surface area contributed by atoms with Gasteiger partial charge in [-0.1, -0.05) is 26.0 Å². The average Bonchev–Trinajstić information content (AvgIpc) is 2.59. The number of esters is 1. The molecule has 0 bridgehead atoms. The number of Topliss-reactive ketones (excluding diaryl/α,β-unsaturated/α-hetero) is 1. The van der Waals surface area contributed by atoms with Crippen molar-refractivity contribution in [1.29, 1.82) is 0 Å². The summed E-state index contributed by atoms with van der Waals surface area (Å²) in [5.41, 5.74) is 3.60. The van der Waals surface area contributed by atoms with Crippen molar-refractivity contribution in [3.05, 3.63) is 52.4 Å². The second kappa shape index (κ2) is 6.63. The molecule has 138 valence electrons. The highest BCUT2D eigenvalue weighted by atomic mass is 16.5. The lowest BCUT2D eigenvalue weighted by Gasteiger charge is -2.39. The molecule has 0 saturated carbocycles. The molecule has 1 atom stereocenters. The van der Waals surface area contributed by atoms with Crippen molar-refractivity contribution >= 4 is 11.8 Å². The van der Waals surface area contributed by atoms with E-state index in [0.29, 0.717) is 17.6 Å². The van der Waals surface area contributed by atoms with Gasteiger partial charge in [0.2, 0.25) is 0 Å². The van der Waals surface area contributed by atoms with E-state index in [9.17, 15) is 9.59 Å². The van der Waals surface area contributed by atoms with Crippen molar-refractivity contribution < 1.29 is 19.1 Å². The van der Waals surface area contributed by atoms with Gasteiger partial charge in [0.25, 0.3) is 0 Å². The number of methoxy groups -OCH3 is 2. The Morgan fingerprint density at radius 2 is 1.81 bits per heavy atom. The van der Waals surface area contributed by atoms with Crippen molar-refractivity contribution in [2.75, 3.05) is 14.2 Å². The van der Waals surface area contributed by atoms with Gasteiger partial charge in [0.1, 0.15) is 5.75 Å². The van der Waals surface area contributed by atoms with Crippen molar-refractivity contribution in [3.63, 3.8) is 0 Å². The van der Waals surface area contributed by atoms with Crippen LogP contribution in [0.3, 0.4) is 0 Å². The van der Waals surface area contributed by atoms with Crippen molar-refractivity contribution in [2.24, 2.45) is 5.41 Å². The Kier molecular flexibility index (Phi) is 4.65. The van der Waals surface area contributed by atoms with E-state index in [1.807, 2.05) is 31.2 Å². The van der Waals surface area contributed by atoms with E-state index < -0.39 is 11.9 Å². The summed E-state index contributed by atoms with van der Waals surface area (Å²) in [7, 11) is 2.97. The molecule has 0 radical (unpaired) electrons. The van der Waals surface area contributed by atoms with E-state index in [4.69, 9.17) is 9.47 Å². The number of hydrogen-bond donors (Lipinski definition) is 1. The predicted octanol–water partition coefficient (Wildman–Crippen LogP) is 3.47. The number of carbonyl (C=O) groups excluding carboxylic acids is 2. The Labute approximate surface area is 154 Å². The van der Waals surface area contributed by atoms with Crippen LogP contribution >= 0.6 is 0 Å². The first-order valence-electron chi connectivity index (χ1n) is 8.73. The summed E-state index contributed by atoms with van der Waals surface area (Å²) in [6.07, 6.45) is 1.24. The Bertz CT molecular complexity index is 815. The second-order valence-electron chi connectivity index (χ2n) is 7.69. The second-order valence-corrected chi connectivity index (χ2v) is 7.69. The Hall–Kier alpha value is -2.56. The van der Waals surface area contributed by atoms with Crippen LogP contribution in [0.15, 0.2) is 46.8 Å². The highest BCUT2D eigenvalue weighted by Gasteiger charge is 2.42. The van der Waals surface area contributed by atoms with Crippen LogP contribution in [0.4, 0.5) is 0 Å². The highest BCUT2D eigenvalue weighted by molar-refractivity contribution is 6.04. The normalized spacial score (nSPS) is 21.9. The number of rotatable bonds is 3. The van der Waals surface area contributed by atoms with Gasteiger partial charge < -0.3 is 14.8 Å². The third kappa shape index (κ3) is 3.14. The molecule has 1 aromatic carbocycles. The molecule has 0 amide bonds. The number of nitrogens with one attached hydrogen (secondary N) is 1. The minimum Gasteiger partial charge on any atom is -0.497 e. The third-order valence-electron chi connectivity index (χ3n) is 5.09. The molecule has 0 fully saturated rings. The highest BCUT2D eigenvalue weighted by Crippen LogP contribution is 2.46. The van der Waals surface area contributed by atoms with Gasteiger partial charge in [-0.3, -0.25) is 4.79 Å².